The molecule has 0 atom stereocenters. The van der Waals surface area contributed by atoms with E-state index in [2.05, 4.69) is 15.4 Å². The first-order valence-electron chi connectivity index (χ1n) is 5.20. The molecule has 0 spiro atoms. The van der Waals surface area contributed by atoms with E-state index in [1.165, 1.54) is 24.0 Å². The lowest BCUT2D eigenvalue weighted by Crippen LogP contribution is -2.06. The third-order valence-corrected chi connectivity index (χ3v) is 2.34. The van der Waals surface area contributed by atoms with Gasteiger partial charge in [0.15, 0.2) is 23.2 Å². The molecule has 0 saturated heterocycles. The highest BCUT2D eigenvalue weighted by Gasteiger charge is 2.13. The van der Waals surface area contributed by atoms with Crippen molar-refractivity contribution in [3.05, 3.63) is 35.4 Å². The summed E-state index contributed by atoms with van der Waals surface area (Å²) in [4.78, 5) is 13.1. The van der Waals surface area contributed by atoms with Crippen molar-refractivity contribution < 1.29 is 13.9 Å². The Bertz CT molecular complexity index is 582. The molecule has 7 heteroatoms. The highest BCUT2D eigenvalue weighted by Crippen LogP contribution is 2.18. The summed E-state index contributed by atoms with van der Waals surface area (Å²) in [7, 11) is 2.97. The lowest BCUT2D eigenvalue weighted by atomic mass is 10.1. The summed E-state index contributed by atoms with van der Waals surface area (Å²) in [6.45, 7) is 0. The Hall–Kier alpha value is -2.31. The SMILES string of the molecule is COc1ccc(C(=O)Cc2nnn(C)n2)cc1F. The Balaban J connectivity index is 2.16. The topological polar surface area (TPSA) is 69.9 Å². The van der Waals surface area contributed by atoms with Gasteiger partial charge in [0.2, 0.25) is 0 Å². The molecule has 0 aliphatic carbocycles. The Kier molecular flexibility index (Phi) is 3.31. The van der Waals surface area contributed by atoms with Gasteiger partial charge in [0.25, 0.3) is 0 Å². The fourth-order valence-electron chi connectivity index (χ4n) is 1.48. The Morgan fingerprint density at radius 2 is 2.28 bits per heavy atom. The van der Waals surface area contributed by atoms with Gasteiger partial charge >= 0.3 is 0 Å². The van der Waals surface area contributed by atoms with Crippen molar-refractivity contribution >= 4 is 5.78 Å². The van der Waals surface area contributed by atoms with Gasteiger partial charge in [-0.25, -0.2) is 4.39 Å². The fraction of sp³-hybridized carbons (Fsp3) is 0.273. The molecule has 0 amide bonds. The molecule has 0 bridgehead atoms. The van der Waals surface area contributed by atoms with E-state index >= 15 is 0 Å². The summed E-state index contributed by atoms with van der Waals surface area (Å²) < 4.78 is 18.2. The van der Waals surface area contributed by atoms with Crippen LogP contribution in [0, 0.1) is 5.82 Å². The molecule has 0 aliphatic rings. The van der Waals surface area contributed by atoms with Crippen LogP contribution in [-0.4, -0.2) is 33.1 Å². The van der Waals surface area contributed by atoms with E-state index in [4.69, 9.17) is 4.74 Å². The number of ether oxygens (including phenoxy) is 1. The summed E-state index contributed by atoms with van der Waals surface area (Å²) in [5, 5.41) is 11.2. The summed E-state index contributed by atoms with van der Waals surface area (Å²) in [5.74, 6) is -0.442. The molecule has 1 aromatic carbocycles. The standard InChI is InChI=1S/C11H11FN4O2/c1-16-14-11(13-15-16)6-9(17)7-3-4-10(18-2)8(12)5-7/h3-5H,6H2,1-2H3. The average Bonchev–Trinajstić information content (AvgIpc) is 2.74. The maximum absolute atomic E-state index is 13.4. The summed E-state index contributed by atoms with van der Waals surface area (Å²) in [5.41, 5.74) is 0.251. The average molecular weight is 250 g/mol. The van der Waals surface area contributed by atoms with E-state index in [0.29, 0.717) is 5.82 Å². The number of carbonyl (C=O) groups is 1. The minimum atomic E-state index is -0.574. The molecule has 1 heterocycles. The van der Waals surface area contributed by atoms with Crippen LogP contribution in [0.15, 0.2) is 18.2 Å². The molecule has 18 heavy (non-hydrogen) atoms. The number of tetrazole rings is 1. The van der Waals surface area contributed by atoms with Gasteiger partial charge in [-0.15, -0.1) is 10.2 Å². The normalized spacial score (nSPS) is 10.4. The number of aromatic nitrogens is 4. The second-order valence-electron chi connectivity index (χ2n) is 3.64. The number of Topliss-reactive ketones (excluding diaryl/α,β-unsaturated/α-hetero) is 1. The van der Waals surface area contributed by atoms with Crippen LogP contribution in [0.4, 0.5) is 4.39 Å². The van der Waals surface area contributed by atoms with Gasteiger partial charge in [-0.2, -0.15) is 4.80 Å². The van der Waals surface area contributed by atoms with Crippen LogP contribution in [0.2, 0.25) is 0 Å². The van der Waals surface area contributed by atoms with E-state index in [1.807, 2.05) is 0 Å². The van der Waals surface area contributed by atoms with Crippen LogP contribution in [0.3, 0.4) is 0 Å². The number of ketones is 1. The number of rotatable bonds is 4. The van der Waals surface area contributed by atoms with E-state index in [1.54, 1.807) is 7.05 Å². The van der Waals surface area contributed by atoms with Crippen molar-refractivity contribution in [2.75, 3.05) is 7.11 Å². The smallest absolute Gasteiger partial charge is 0.182 e. The number of methoxy groups -OCH3 is 1. The molecule has 94 valence electrons. The van der Waals surface area contributed by atoms with Crippen LogP contribution in [-0.2, 0) is 13.5 Å². The van der Waals surface area contributed by atoms with Crippen LogP contribution in [0.1, 0.15) is 16.2 Å². The summed E-state index contributed by atoms with van der Waals surface area (Å²) in [6.07, 6.45) is -0.0143. The molecule has 2 aromatic rings. The second kappa shape index (κ2) is 4.91. The minimum Gasteiger partial charge on any atom is -0.494 e. The van der Waals surface area contributed by atoms with E-state index < -0.39 is 5.82 Å². The van der Waals surface area contributed by atoms with Crippen molar-refractivity contribution in [2.24, 2.45) is 7.05 Å². The first-order valence-corrected chi connectivity index (χ1v) is 5.20. The number of hydrogen-bond acceptors (Lipinski definition) is 5. The maximum atomic E-state index is 13.4. The first-order chi connectivity index (χ1) is 8.60. The predicted octanol–water partition coefficient (Wildman–Crippen LogP) is 0.783. The van der Waals surface area contributed by atoms with E-state index in [0.717, 1.165) is 6.07 Å². The monoisotopic (exact) mass is 250 g/mol. The number of benzene rings is 1. The number of hydrogen-bond donors (Lipinski definition) is 0. The molecule has 0 fully saturated rings. The predicted molar refractivity (Wildman–Crippen MR) is 59.8 cm³/mol. The van der Waals surface area contributed by atoms with Gasteiger partial charge < -0.3 is 4.74 Å². The summed E-state index contributed by atoms with van der Waals surface area (Å²) in [6, 6.07) is 4.05. The third-order valence-electron chi connectivity index (χ3n) is 2.34. The number of aryl methyl sites for hydroxylation is 1. The molecule has 0 aliphatic heterocycles. The van der Waals surface area contributed by atoms with Crippen LogP contribution >= 0.6 is 0 Å². The quantitative estimate of drug-likeness (QED) is 0.750. The van der Waals surface area contributed by atoms with Crippen LogP contribution < -0.4 is 4.74 Å². The molecule has 0 N–H and O–H groups in total. The zero-order valence-corrected chi connectivity index (χ0v) is 9.92. The fourth-order valence-corrected chi connectivity index (χ4v) is 1.48. The molecule has 6 nitrogen and oxygen atoms in total. The van der Waals surface area contributed by atoms with Gasteiger partial charge in [0.1, 0.15) is 0 Å². The van der Waals surface area contributed by atoms with Crippen molar-refractivity contribution in [3.8, 4) is 5.75 Å². The number of halogens is 1. The van der Waals surface area contributed by atoms with Gasteiger partial charge in [0, 0.05) is 5.56 Å². The van der Waals surface area contributed by atoms with Crippen molar-refractivity contribution in [3.63, 3.8) is 0 Å². The number of nitrogens with zero attached hydrogens (tertiary/aromatic N) is 4. The Morgan fingerprint density at radius 1 is 1.50 bits per heavy atom. The molecule has 0 unspecified atom stereocenters. The molecule has 0 saturated carbocycles. The van der Waals surface area contributed by atoms with Crippen molar-refractivity contribution in [1.82, 2.24) is 20.2 Å². The molecule has 0 radical (unpaired) electrons. The van der Waals surface area contributed by atoms with Crippen LogP contribution in [0.5, 0.6) is 5.75 Å². The summed E-state index contributed by atoms with van der Waals surface area (Å²) >= 11 is 0. The molecule has 1 aromatic heterocycles. The Morgan fingerprint density at radius 3 is 2.83 bits per heavy atom. The van der Waals surface area contributed by atoms with E-state index in [-0.39, 0.29) is 23.5 Å². The molecular weight excluding hydrogens is 239 g/mol. The highest BCUT2D eigenvalue weighted by molar-refractivity contribution is 5.97. The highest BCUT2D eigenvalue weighted by atomic mass is 19.1. The zero-order chi connectivity index (χ0) is 13.1. The zero-order valence-electron chi connectivity index (χ0n) is 9.92. The maximum Gasteiger partial charge on any atom is 0.182 e. The van der Waals surface area contributed by atoms with Gasteiger partial charge in [0.05, 0.1) is 20.6 Å². The largest absolute Gasteiger partial charge is 0.494 e. The lowest BCUT2D eigenvalue weighted by Gasteiger charge is -2.03. The second-order valence-corrected chi connectivity index (χ2v) is 3.64. The van der Waals surface area contributed by atoms with Crippen LogP contribution in [0.25, 0.3) is 0 Å². The minimum absolute atomic E-state index is 0.0143. The first kappa shape index (κ1) is 12.2. The lowest BCUT2D eigenvalue weighted by molar-refractivity contribution is 0.0990. The number of carbonyl (C=O) groups excluding carboxylic acids is 1. The van der Waals surface area contributed by atoms with Gasteiger partial charge in [-0.1, -0.05) is 0 Å². The molecule has 2 rings (SSSR count). The third kappa shape index (κ3) is 2.50. The van der Waals surface area contributed by atoms with Gasteiger partial charge in [-0.05, 0) is 23.4 Å². The van der Waals surface area contributed by atoms with Crippen molar-refractivity contribution in [1.29, 1.82) is 0 Å². The Labute approximate surface area is 102 Å². The van der Waals surface area contributed by atoms with E-state index in [9.17, 15) is 9.18 Å². The molecular formula is C11H11FN4O2. The van der Waals surface area contributed by atoms with Crippen molar-refractivity contribution in [2.45, 2.75) is 6.42 Å². The van der Waals surface area contributed by atoms with Gasteiger partial charge in [-0.3, -0.25) is 4.79 Å².